The standard InChI is InChI=1S/C33H34N2O9S/c1-22-29(32(36)42-3)31(26-10-7-11-27(20-26)35(38)39)30(23(2)34-22)33(37)44-17-16-24-12-14-28(15-13-24)45(40,41)19-18-43-21-25-8-5-4-6-9-25/h4-15,20,29,31H,16-19,21H2,1-3H3. The van der Waals surface area contributed by atoms with Crippen molar-refractivity contribution >= 4 is 33.2 Å². The molecule has 0 saturated carbocycles. The van der Waals surface area contributed by atoms with E-state index in [4.69, 9.17) is 14.2 Å². The van der Waals surface area contributed by atoms with Gasteiger partial charge in [-0.15, -0.1) is 0 Å². The zero-order valence-corrected chi connectivity index (χ0v) is 26.0. The Bertz CT molecular complexity index is 1720. The molecule has 3 aromatic carbocycles. The third-order valence-electron chi connectivity index (χ3n) is 7.46. The van der Waals surface area contributed by atoms with Crippen molar-refractivity contribution in [3.05, 3.63) is 117 Å². The van der Waals surface area contributed by atoms with Crippen molar-refractivity contribution in [3.8, 4) is 0 Å². The summed E-state index contributed by atoms with van der Waals surface area (Å²) in [5, 5.41) is 11.5. The van der Waals surface area contributed by atoms with Crippen LogP contribution in [0, 0.1) is 16.0 Å². The van der Waals surface area contributed by atoms with Crippen LogP contribution < -0.4 is 0 Å². The number of hydrogen-bond acceptors (Lipinski definition) is 10. The van der Waals surface area contributed by atoms with Gasteiger partial charge in [0.2, 0.25) is 0 Å². The van der Waals surface area contributed by atoms with Crippen molar-refractivity contribution in [1.82, 2.24) is 0 Å². The minimum absolute atomic E-state index is 0.0394. The zero-order chi connectivity index (χ0) is 32.6. The first-order chi connectivity index (χ1) is 21.5. The summed E-state index contributed by atoms with van der Waals surface area (Å²) in [5.74, 6) is -3.41. The lowest BCUT2D eigenvalue weighted by atomic mass is 9.75. The highest BCUT2D eigenvalue weighted by Crippen LogP contribution is 2.41. The molecular formula is C33H34N2O9S. The molecule has 0 N–H and O–H groups in total. The first-order valence-corrected chi connectivity index (χ1v) is 15.9. The molecule has 2 unspecified atom stereocenters. The number of hydrogen-bond donors (Lipinski definition) is 0. The van der Waals surface area contributed by atoms with E-state index in [1.54, 1.807) is 32.0 Å². The number of aliphatic imine (C=N–C) groups is 1. The van der Waals surface area contributed by atoms with Gasteiger partial charge in [-0.3, -0.25) is 19.9 Å². The minimum atomic E-state index is -3.55. The maximum Gasteiger partial charge on any atom is 0.336 e. The van der Waals surface area contributed by atoms with Gasteiger partial charge in [0.05, 0.1) is 48.1 Å². The molecule has 0 fully saturated rings. The summed E-state index contributed by atoms with van der Waals surface area (Å²) in [7, 11) is -2.33. The number of methoxy groups -OCH3 is 1. The molecule has 0 spiro atoms. The first kappa shape index (κ1) is 33.2. The molecule has 0 bridgehead atoms. The molecule has 0 amide bonds. The van der Waals surface area contributed by atoms with E-state index in [1.807, 2.05) is 30.3 Å². The Hall–Kier alpha value is -4.68. The highest BCUT2D eigenvalue weighted by molar-refractivity contribution is 7.91. The number of allylic oxidation sites excluding steroid dienone is 1. The minimum Gasteiger partial charge on any atom is -0.468 e. The quantitative estimate of drug-likeness (QED) is 0.110. The normalized spacial score (nSPS) is 16.6. The van der Waals surface area contributed by atoms with E-state index >= 15 is 0 Å². The number of nitrogens with zero attached hydrogens (tertiary/aromatic N) is 2. The summed E-state index contributed by atoms with van der Waals surface area (Å²) < 4.78 is 41.6. The Balaban J connectivity index is 1.41. The molecule has 1 heterocycles. The number of non-ortho nitro benzene ring substituents is 1. The van der Waals surface area contributed by atoms with Gasteiger partial charge in [0.15, 0.2) is 9.84 Å². The van der Waals surface area contributed by atoms with Crippen LogP contribution in [0.3, 0.4) is 0 Å². The maximum absolute atomic E-state index is 13.4. The van der Waals surface area contributed by atoms with Gasteiger partial charge in [0.1, 0.15) is 5.92 Å². The molecular weight excluding hydrogens is 600 g/mol. The Morgan fingerprint density at radius 2 is 1.64 bits per heavy atom. The van der Waals surface area contributed by atoms with Crippen molar-refractivity contribution in [2.75, 3.05) is 26.1 Å². The predicted octanol–water partition coefficient (Wildman–Crippen LogP) is 4.99. The molecule has 236 valence electrons. The molecule has 11 nitrogen and oxygen atoms in total. The average molecular weight is 635 g/mol. The fourth-order valence-corrected chi connectivity index (χ4v) is 6.30. The lowest BCUT2D eigenvalue weighted by molar-refractivity contribution is -0.384. The van der Waals surface area contributed by atoms with E-state index < -0.39 is 38.5 Å². The van der Waals surface area contributed by atoms with Gasteiger partial charge in [-0.2, -0.15) is 0 Å². The third kappa shape index (κ3) is 8.28. The van der Waals surface area contributed by atoms with Crippen LogP contribution in [0.25, 0.3) is 0 Å². The molecule has 12 heteroatoms. The van der Waals surface area contributed by atoms with Crippen LogP contribution in [0.15, 0.2) is 100 Å². The van der Waals surface area contributed by atoms with Crippen LogP contribution in [0.1, 0.15) is 36.5 Å². The summed E-state index contributed by atoms with van der Waals surface area (Å²) in [5.41, 5.74) is 2.73. The number of rotatable bonds is 13. The number of nitro groups is 1. The highest BCUT2D eigenvalue weighted by Gasteiger charge is 2.42. The Labute approximate surface area is 261 Å². The largest absolute Gasteiger partial charge is 0.468 e. The molecule has 0 saturated heterocycles. The lowest BCUT2D eigenvalue weighted by Crippen LogP contribution is -2.36. The topological polar surface area (TPSA) is 151 Å². The van der Waals surface area contributed by atoms with E-state index in [0.717, 1.165) is 11.1 Å². The number of ether oxygens (including phenoxy) is 3. The molecule has 1 aliphatic rings. The predicted molar refractivity (Wildman–Crippen MR) is 166 cm³/mol. The number of esters is 2. The Morgan fingerprint density at radius 1 is 0.933 bits per heavy atom. The monoisotopic (exact) mass is 634 g/mol. The average Bonchev–Trinajstić information content (AvgIpc) is 3.03. The van der Waals surface area contributed by atoms with E-state index in [0.29, 0.717) is 30.0 Å². The van der Waals surface area contributed by atoms with Gasteiger partial charge in [-0.05, 0) is 42.7 Å². The van der Waals surface area contributed by atoms with Crippen molar-refractivity contribution in [3.63, 3.8) is 0 Å². The molecule has 4 rings (SSSR count). The maximum atomic E-state index is 13.4. The van der Waals surface area contributed by atoms with Gasteiger partial charge in [-0.1, -0.05) is 54.6 Å². The molecule has 0 aromatic heterocycles. The lowest BCUT2D eigenvalue weighted by Gasteiger charge is -2.31. The van der Waals surface area contributed by atoms with Crippen LogP contribution in [0.4, 0.5) is 5.69 Å². The van der Waals surface area contributed by atoms with Crippen molar-refractivity contribution in [1.29, 1.82) is 0 Å². The molecule has 45 heavy (non-hydrogen) atoms. The van der Waals surface area contributed by atoms with Gasteiger partial charge in [-0.25, -0.2) is 13.2 Å². The second-order valence-electron chi connectivity index (χ2n) is 10.5. The van der Waals surface area contributed by atoms with Crippen molar-refractivity contribution in [2.24, 2.45) is 10.9 Å². The van der Waals surface area contributed by atoms with Crippen LogP contribution in [0.5, 0.6) is 0 Å². The van der Waals surface area contributed by atoms with E-state index in [1.165, 1.54) is 37.4 Å². The molecule has 0 radical (unpaired) electrons. The van der Waals surface area contributed by atoms with Gasteiger partial charge in [0.25, 0.3) is 5.69 Å². The van der Waals surface area contributed by atoms with Crippen LogP contribution in [0.2, 0.25) is 0 Å². The molecule has 3 aromatic rings. The number of nitro benzene ring substituents is 1. The summed E-state index contributed by atoms with van der Waals surface area (Å²) in [4.78, 5) is 41.7. The molecule has 0 aliphatic carbocycles. The van der Waals surface area contributed by atoms with Gasteiger partial charge in [0, 0.05) is 35.9 Å². The second-order valence-corrected chi connectivity index (χ2v) is 12.6. The van der Waals surface area contributed by atoms with Crippen LogP contribution >= 0.6 is 0 Å². The van der Waals surface area contributed by atoms with Crippen molar-refractivity contribution in [2.45, 2.75) is 37.7 Å². The second kappa shape index (κ2) is 14.9. The smallest absolute Gasteiger partial charge is 0.336 e. The summed E-state index contributed by atoms with van der Waals surface area (Å²) >= 11 is 0. The number of carbonyl (C=O) groups excluding carboxylic acids is 2. The molecule has 1 aliphatic heterocycles. The highest BCUT2D eigenvalue weighted by atomic mass is 32.2. The van der Waals surface area contributed by atoms with E-state index in [9.17, 15) is 28.1 Å². The van der Waals surface area contributed by atoms with E-state index in [2.05, 4.69) is 4.99 Å². The van der Waals surface area contributed by atoms with E-state index in [-0.39, 0.29) is 35.1 Å². The SMILES string of the molecule is COC(=O)C1C(C)=NC(C)=C(C(=O)OCCc2ccc(S(=O)(=O)CCOCc3ccccc3)cc2)C1c1cccc([N+](=O)[O-])c1. The number of benzene rings is 3. The number of carbonyl (C=O) groups is 2. The summed E-state index contributed by atoms with van der Waals surface area (Å²) in [6.45, 7) is 3.60. The fourth-order valence-electron chi connectivity index (χ4n) is 5.18. The third-order valence-corrected chi connectivity index (χ3v) is 9.15. The zero-order valence-electron chi connectivity index (χ0n) is 25.2. The Morgan fingerprint density at radius 3 is 2.31 bits per heavy atom. The molecule has 2 atom stereocenters. The fraction of sp³-hybridized carbons (Fsp3) is 0.303. The summed E-state index contributed by atoms with van der Waals surface area (Å²) in [6, 6.07) is 21.6. The van der Waals surface area contributed by atoms with Crippen molar-refractivity contribution < 1.29 is 37.1 Å². The first-order valence-electron chi connectivity index (χ1n) is 14.2. The van der Waals surface area contributed by atoms with Crippen LogP contribution in [-0.4, -0.2) is 57.1 Å². The van der Waals surface area contributed by atoms with Crippen LogP contribution in [-0.2, 0) is 46.7 Å². The summed E-state index contributed by atoms with van der Waals surface area (Å²) in [6.07, 6.45) is 0.294. The van der Waals surface area contributed by atoms with Gasteiger partial charge >= 0.3 is 11.9 Å². The van der Waals surface area contributed by atoms with Gasteiger partial charge < -0.3 is 14.2 Å². The Kier molecular flexibility index (Phi) is 11.0. The number of sulfone groups is 1.